The average Bonchev–Trinajstić information content (AvgIpc) is 3.27. The molecule has 4 heteroatoms. The van der Waals surface area contributed by atoms with Crippen LogP contribution in [0.1, 0.15) is 29.9 Å². The van der Waals surface area contributed by atoms with Gasteiger partial charge in [0.1, 0.15) is 5.82 Å². The van der Waals surface area contributed by atoms with E-state index >= 15 is 0 Å². The van der Waals surface area contributed by atoms with Crippen LogP contribution in [-0.2, 0) is 6.42 Å². The van der Waals surface area contributed by atoms with Crippen molar-refractivity contribution in [3.05, 3.63) is 64.1 Å². The monoisotopic (exact) mass is 348 g/mol. The van der Waals surface area contributed by atoms with E-state index in [2.05, 4.69) is 32.3 Å². The van der Waals surface area contributed by atoms with Crippen LogP contribution in [0.15, 0.2) is 47.2 Å². The van der Waals surface area contributed by atoms with E-state index in [0.717, 1.165) is 28.6 Å². The summed E-state index contributed by atoms with van der Waals surface area (Å²) in [6, 6.07) is 9.67. The van der Waals surface area contributed by atoms with Crippen LogP contribution in [0.4, 0.5) is 4.39 Å². The molecule has 1 aromatic heterocycles. The molecule has 0 radical (unpaired) electrons. The van der Waals surface area contributed by atoms with Gasteiger partial charge in [0.2, 0.25) is 0 Å². The maximum absolute atomic E-state index is 13.5. The van der Waals surface area contributed by atoms with Gasteiger partial charge < -0.3 is 5.32 Å². The summed E-state index contributed by atoms with van der Waals surface area (Å²) >= 11 is 3.45. The molecule has 0 saturated heterocycles. The zero-order valence-corrected chi connectivity index (χ0v) is 13.3. The first kappa shape index (κ1) is 14.7. The van der Waals surface area contributed by atoms with Gasteiger partial charge in [-0.1, -0.05) is 12.1 Å². The lowest BCUT2D eigenvalue weighted by Crippen LogP contribution is -2.25. The van der Waals surface area contributed by atoms with E-state index in [-0.39, 0.29) is 11.7 Å². The van der Waals surface area contributed by atoms with Gasteiger partial charge in [0.05, 0.1) is 0 Å². The van der Waals surface area contributed by atoms with Gasteiger partial charge in [0.25, 0.3) is 0 Å². The molecule has 0 bridgehead atoms. The van der Waals surface area contributed by atoms with Gasteiger partial charge in [-0.05, 0) is 64.5 Å². The standard InChI is InChI=1S/C17H18BrFN2/c18-15-7-12(9-20-11-15)6-14(10-21-17-4-5-17)13-2-1-3-16(19)8-13/h1-3,7-9,11,14,17,21H,4-6,10H2. The zero-order valence-electron chi connectivity index (χ0n) is 11.7. The Morgan fingerprint density at radius 2 is 2.14 bits per heavy atom. The number of hydrogen-bond donors (Lipinski definition) is 1. The van der Waals surface area contributed by atoms with Crippen LogP contribution in [0.2, 0.25) is 0 Å². The Bertz CT molecular complexity index is 613. The minimum Gasteiger partial charge on any atom is -0.313 e. The molecule has 1 saturated carbocycles. The maximum atomic E-state index is 13.5. The van der Waals surface area contributed by atoms with Gasteiger partial charge >= 0.3 is 0 Å². The molecule has 0 aliphatic heterocycles. The lowest BCUT2D eigenvalue weighted by atomic mass is 9.92. The molecule has 1 aliphatic carbocycles. The quantitative estimate of drug-likeness (QED) is 0.851. The maximum Gasteiger partial charge on any atom is 0.123 e. The summed E-state index contributed by atoms with van der Waals surface area (Å²) in [5.41, 5.74) is 2.21. The highest BCUT2D eigenvalue weighted by Gasteiger charge is 2.23. The highest BCUT2D eigenvalue weighted by molar-refractivity contribution is 9.10. The second kappa shape index (κ2) is 6.67. The van der Waals surface area contributed by atoms with Crippen molar-refractivity contribution in [3.63, 3.8) is 0 Å². The summed E-state index contributed by atoms with van der Waals surface area (Å²) in [6.45, 7) is 0.876. The van der Waals surface area contributed by atoms with Crippen molar-refractivity contribution in [2.24, 2.45) is 0 Å². The van der Waals surface area contributed by atoms with Gasteiger partial charge in [0.15, 0.2) is 0 Å². The van der Waals surface area contributed by atoms with E-state index in [9.17, 15) is 4.39 Å². The lowest BCUT2D eigenvalue weighted by molar-refractivity contribution is 0.568. The van der Waals surface area contributed by atoms with Crippen LogP contribution < -0.4 is 5.32 Å². The summed E-state index contributed by atoms with van der Waals surface area (Å²) < 4.78 is 14.5. The van der Waals surface area contributed by atoms with Gasteiger partial charge in [-0.25, -0.2) is 4.39 Å². The minimum absolute atomic E-state index is 0.170. The number of rotatable bonds is 6. The lowest BCUT2D eigenvalue weighted by Gasteiger charge is -2.18. The van der Waals surface area contributed by atoms with Crippen molar-refractivity contribution in [2.75, 3.05) is 6.54 Å². The van der Waals surface area contributed by atoms with E-state index in [1.165, 1.54) is 18.9 Å². The predicted octanol–water partition coefficient (Wildman–Crippen LogP) is 4.06. The largest absolute Gasteiger partial charge is 0.313 e. The third kappa shape index (κ3) is 4.35. The van der Waals surface area contributed by atoms with Crippen LogP contribution in [0, 0.1) is 5.82 Å². The third-order valence-electron chi connectivity index (χ3n) is 3.79. The van der Waals surface area contributed by atoms with E-state index in [1.54, 1.807) is 18.3 Å². The first-order valence-corrected chi connectivity index (χ1v) is 8.08. The molecular weight excluding hydrogens is 331 g/mol. The molecule has 1 aliphatic rings. The Labute approximate surface area is 132 Å². The molecule has 2 nitrogen and oxygen atoms in total. The summed E-state index contributed by atoms with van der Waals surface area (Å²) in [5.74, 6) is 0.0914. The fraction of sp³-hybridized carbons (Fsp3) is 0.353. The topological polar surface area (TPSA) is 24.9 Å². The van der Waals surface area contributed by atoms with Crippen molar-refractivity contribution in [1.29, 1.82) is 0 Å². The Kier molecular flexibility index (Phi) is 4.66. The molecule has 0 spiro atoms. The van der Waals surface area contributed by atoms with E-state index < -0.39 is 0 Å². The summed E-state index contributed by atoms with van der Waals surface area (Å²) in [6.07, 6.45) is 7.04. The Balaban J connectivity index is 1.77. The van der Waals surface area contributed by atoms with Gasteiger partial charge in [-0.2, -0.15) is 0 Å². The minimum atomic E-state index is -0.170. The summed E-state index contributed by atoms with van der Waals surface area (Å²) in [5, 5.41) is 3.55. The number of aromatic nitrogens is 1. The molecule has 1 heterocycles. The van der Waals surface area contributed by atoms with Gasteiger partial charge in [0, 0.05) is 35.4 Å². The second-order valence-electron chi connectivity index (χ2n) is 5.65. The molecule has 2 aromatic rings. The molecule has 21 heavy (non-hydrogen) atoms. The highest BCUT2D eigenvalue weighted by atomic mass is 79.9. The Morgan fingerprint density at radius 1 is 1.29 bits per heavy atom. The molecule has 1 aromatic carbocycles. The molecule has 1 N–H and O–H groups in total. The summed E-state index contributed by atoms with van der Waals surface area (Å²) in [4.78, 5) is 4.21. The first-order chi connectivity index (χ1) is 10.2. The smallest absolute Gasteiger partial charge is 0.123 e. The SMILES string of the molecule is Fc1cccc(C(CNC2CC2)Cc2cncc(Br)c2)c1. The first-order valence-electron chi connectivity index (χ1n) is 7.29. The summed E-state index contributed by atoms with van der Waals surface area (Å²) in [7, 11) is 0. The Morgan fingerprint density at radius 3 is 2.86 bits per heavy atom. The zero-order chi connectivity index (χ0) is 14.7. The highest BCUT2D eigenvalue weighted by Crippen LogP contribution is 2.25. The van der Waals surface area contributed by atoms with Crippen LogP contribution >= 0.6 is 15.9 Å². The van der Waals surface area contributed by atoms with Crippen molar-refractivity contribution in [3.8, 4) is 0 Å². The molecular formula is C17H18BrFN2. The number of nitrogens with zero attached hydrogens (tertiary/aromatic N) is 1. The number of benzene rings is 1. The second-order valence-corrected chi connectivity index (χ2v) is 6.57. The van der Waals surface area contributed by atoms with E-state index in [4.69, 9.17) is 0 Å². The van der Waals surface area contributed by atoms with Crippen LogP contribution in [-0.4, -0.2) is 17.6 Å². The average molecular weight is 349 g/mol. The van der Waals surface area contributed by atoms with Crippen LogP contribution in [0.3, 0.4) is 0 Å². The predicted molar refractivity (Wildman–Crippen MR) is 85.8 cm³/mol. The molecule has 3 rings (SSSR count). The van der Waals surface area contributed by atoms with Crippen molar-refractivity contribution in [2.45, 2.75) is 31.2 Å². The van der Waals surface area contributed by atoms with Crippen molar-refractivity contribution >= 4 is 15.9 Å². The van der Waals surface area contributed by atoms with Crippen molar-refractivity contribution in [1.82, 2.24) is 10.3 Å². The Hall–Kier alpha value is -1.26. The third-order valence-corrected chi connectivity index (χ3v) is 4.23. The van der Waals surface area contributed by atoms with Gasteiger partial charge in [-0.15, -0.1) is 0 Å². The fourth-order valence-electron chi connectivity index (χ4n) is 2.52. The number of halogens is 2. The van der Waals surface area contributed by atoms with Crippen LogP contribution in [0.25, 0.3) is 0 Å². The van der Waals surface area contributed by atoms with Gasteiger partial charge in [-0.3, -0.25) is 4.98 Å². The molecule has 1 fully saturated rings. The number of nitrogens with one attached hydrogen (secondary N) is 1. The number of pyridine rings is 1. The number of hydrogen-bond acceptors (Lipinski definition) is 2. The van der Waals surface area contributed by atoms with E-state index in [1.807, 2.05) is 12.3 Å². The molecule has 110 valence electrons. The normalized spacial score (nSPS) is 15.9. The molecule has 1 unspecified atom stereocenters. The van der Waals surface area contributed by atoms with Crippen LogP contribution in [0.5, 0.6) is 0 Å². The van der Waals surface area contributed by atoms with Crippen molar-refractivity contribution < 1.29 is 4.39 Å². The van der Waals surface area contributed by atoms with E-state index in [0.29, 0.717) is 6.04 Å². The fourth-order valence-corrected chi connectivity index (χ4v) is 2.93. The molecule has 0 amide bonds. The molecule has 1 atom stereocenters.